The van der Waals surface area contributed by atoms with Gasteiger partial charge in [-0.1, -0.05) is 35.0 Å². The van der Waals surface area contributed by atoms with Gasteiger partial charge in [-0.2, -0.15) is 24.9 Å². The highest BCUT2D eigenvalue weighted by molar-refractivity contribution is 7.99. The Labute approximate surface area is 265 Å². The van der Waals surface area contributed by atoms with Crippen molar-refractivity contribution < 1.29 is 70.2 Å². The predicted molar refractivity (Wildman–Crippen MR) is 155 cm³/mol. The van der Waals surface area contributed by atoms with E-state index in [-0.39, 0.29) is 28.1 Å². The molecule has 0 radical (unpaired) electrons. The Morgan fingerprint density at radius 3 is 2.34 bits per heavy atom. The minimum absolute atomic E-state index is 0.0279. The normalized spacial score (nSPS) is 26.8. The first kappa shape index (κ1) is 38.4. The molecule has 2 aliphatic heterocycles. The monoisotopic (exact) mass is 774 g/mol. The van der Waals surface area contributed by atoms with Crippen LogP contribution in [0.25, 0.3) is 0 Å². The average Bonchev–Trinajstić information content (AvgIpc) is 3.41. The number of thioether (sulfide) groups is 2. The highest BCUT2D eigenvalue weighted by atomic mass is 35.5. The number of fused-ring (bicyclic) bond motifs is 1. The van der Waals surface area contributed by atoms with Gasteiger partial charge in [-0.25, -0.2) is 18.8 Å². The smallest absolute Gasteiger partial charge is 0.388 e. The molecule has 0 saturated carbocycles. The van der Waals surface area contributed by atoms with Crippen molar-refractivity contribution in [3.8, 4) is 0 Å². The van der Waals surface area contributed by atoms with E-state index in [2.05, 4.69) is 29.1 Å². The minimum atomic E-state index is -5.96. The summed E-state index contributed by atoms with van der Waals surface area (Å²) in [6.45, 7) is -0.651. The van der Waals surface area contributed by atoms with Crippen molar-refractivity contribution in [3.05, 3.63) is 5.69 Å². The number of rotatable bonds is 15. The fourth-order valence-electron chi connectivity index (χ4n) is 3.75. The summed E-state index contributed by atoms with van der Waals surface area (Å²) in [5, 5.41) is 24.2. The minimum Gasteiger partial charge on any atom is -0.388 e. The van der Waals surface area contributed by atoms with Crippen LogP contribution in [0.1, 0.15) is 18.0 Å². The second-order valence-electron chi connectivity index (χ2n) is 9.07. The van der Waals surface area contributed by atoms with Crippen LogP contribution in [-0.2, 0) is 27.3 Å². The molecule has 0 bridgehead atoms. The average molecular weight is 775 g/mol. The predicted octanol–water partition coefficient (Wildman–Crippen LogP) is 3.17. The van der Waals surface area contributed by atoms with Crippen LogP contribution >= 0.6 is 69.7 Å². The summed E-state index contributed by atoms with van der Waals surface area (Å²) in [5.41, 5.74) is 0.360. The molecular formula is C18H26Cl2F3N4O12P3S2. The molecule has 1 saturated heterocycles. The molecule has 7 atom stereocenters. The van der Waals surface area contributed by atoms with Gasteiger partial charge >= 0.3 is 33.0 Å². The molecule has 1 aromatic rings. The Hall–Kier alpha value is -0.0500. The Kier molecular flexibility index (Phi) is 12.7. The van der Waals surface area contributed by atoms with Crippen molar-refractivity contribution in [2.24, 2.45) is 4.99 Å². The molecule has 16 nitrogen and oxygen atoms in total. The molecule has 252 valence electrons. The summed E-state index contributed by atoms with van der Waals surface area (Å²) in [7, 11) is -17.4. The number of aliphatic imine (C=N–C) groups is 1. The highest BCUT2D eigenvalue weighted by Gasteiger charge is 2.62. The zero-order chi connectivity index (χ0) is 33.3. The van der Waals surface area contributed by atoms with E-state index >= 15 is 0 Å². The van der Waals surface area contributed by atoms with Gasteiger partial charge in [-0.3, -0.25) is 18.6 Å². The Morgan fingerprint density at radius 2 is 1.75 bits per heavy atom. The number of anilines is 1. The first-order valence-corrected chi connectivity index (χ1v) is 19.8. The molecule has 0 spiro atoms. The van der Waals surface area contributed by atoms with Gasteiger partial charge in [0.15, 0.2) is 11.0 Å². The largest absolute Gasteiger partial charge is 0.479 e. The lowest BCUT2D eigenvalue weighted by molar-refractivity contribution is -0.129. The number of aromatic nitrogens is 2. The first-order chi connectivity index (χ1) is 20.1. The third-order valence-corrected chi connectivity index (χ3v) is 15.0. The highest BCUT2D eigenvalue weighted by Crippen LogP contribution is 2.79. The Morgan fingerprint density at radius 1 is 1.09 bits per heavy atom. The summed E-state index contributed by atoms with van der Waals surface area (Å²) in [6.07, 6.45) is -8.77. The molecule has 0 aliphatic carbocycles. The van der Waals surface area contributed by atoms with Gasteiger partial charge in [0, 0.05) is 24.3 Å². The molecule has 7 unspecified atom stereocenters. The first-order valence-electron chi connectivity index (χ1n) is 12.0. The van der Waals surface area contributed by atoms with Crippen LogP contribution in [-0.4, -0.2) is 111 Å². The van der Waals surface area contributed by atoms with E-state index in [0.29, 0.717) is 12.3 Å². The summed E-state index contributed by atoms with van der Waals surface area (Å²) < 4.78 is 84.1. The van der Waals surface area contributed by atoms with Crippen LogP contribution in [0.4, 0.5) is 24.7 Å². The molecule has 7 N–H and O–H groups in total. The van der Waals surface area contributed by atoms with Gasteiger partial charge in [-0.15, -0.1) is 0 Å². The maximum absolute atomic E-state index is 12.7. The maximum Gasteiger partial charge on any atom is 0.479 e. The van der Waals surface area contributed by atoms with Gasteiger partial charge in [-0.05, 0) is 6.26 Å². The summed E-state index contributed by atoms with van der Waals surface area (Å²) >= 11 is 12.7. The quantitative estimate of drug-likeness (QED) is 0.0444. The standard InChI is InChI=1S/C18H26Cl2F3N4O12P3S2/c1-43-5-3-24-15-11-10(26-16(27-15)44-4-2-17(21,22)23)8(6-25-11)14-13(29)12(28)9(38-14)7-37-42(35,36)39-41(33,34)18(19,20)40(30,31)32/h6,8-9,12-14,28-29H,2-5,7H2,1H3,(H,33,34)(H,35,36)(H,24,26,27)(H2,30,31,32). The fourth-order valence-corrected chi connectivity index (χ4v) is 9.13. The van der Waals surface area contributed by atoms with E-state index in [1.54, 1.807) is 0 Å². The topological polar surface area (TPSA) is 250 Å². The molecule has 44 heavy (non-hydrogen) atoms. The third kappa shape index (κ3) is 9.30. The number of aliphatic hydroxyl groups is 2. The summed E-state index contributed by atoms with van der Waals surface area (Å²) in [5.74, 6) is -0.508. The second kappa shape index (κ2) is 14.6. The SMILES string of the molecule is CSCCNc1nc(SCCC(F)(F)F)nc2c1N=CC2C1OC(COP(=O)(O)OP(=O)(O)C(Cl)(Cl)P(=O)(O)O)C(O)C1O. The molecule has 0 amide bonds. The number of phosphoric acid groups is 1. The second-order valence-corrected chi connectivity index (χ2v) is 19.2. The lowest BCUT2D eigenvalue weighted by Crippen LogP contribution is -2.36. The molecule has 3 heterocycles. The van der Waals surface area contributed by atoms with Gasteiger partial charge in [0.25, 0.3) is 0 Å². The molecule has 0 aromatic carbocycles. The van der Waals surface area contributed by atoms with Crippen LogP contribution in [0, 0.1) is 0 Å². The molecule has 26 heteroatoms. The Bertz CT molecular complexity index is 1380. The van der Waals surface area contributed by atoms with Crippen LogP contribution in [0.3, 0.4) is 0 Å². The number of hydrogen-bond acceptors (Lipinski definition) is 14. The van der Waals surface area contributed by atoms with E-state index in [0.717, 1.165) is 11.8 Å². The number of nitrogens with zero attached hydrogens (tertiary/aromatic N) is 3. The molecule has 3 rings (SSSR count). The van der Waals surface area contributed by atoms with Crippen LogP contribution < -0.4 is 5.32 Å². The van der Waals surface area contributed by atoms with Crippen LogP contribution in [0.2, 0.25) is 0 Å². The van der Waals surface area contributed by atoms with Crippen LogP contribution in [0.5, 0.6) is 0 Å². The van der Waals surface area contributed by atoms with Gasteiger partial charge in [0.05, 0.1) is 24.6 Å². The van der Waals surface area contributed by atoms with E-state index in [1.165, 1.54) is 18.0 Å². The van der Waals surface area contributed by atoms with Gasteiger partial charge in [0.2, 0.25) is 0 Å². The van der Waals surface area contributed by atoms with E-state index in [9.17, 15) is 46.9 Å². The van der Waals surface area contributed by atoms with Crippen molar-refractivity contribution in [3.63, 3.8) is 0 Å². The van der Waals surface area contributed by atoms with Crippen molar-refractivity contribution in [1.82, 2.24) is 9.97 Å². The Balaban J connectivity index is 1.77. The zero-order valence-electron chi connectivity index (χ0n) is 22.0. The number of phosphoric ester groups is 1. The van der Waals surface area contributed by atoms with Crippen LogP contribution in [0.15, 0.2) is 10.1 Å². The molecule has 2 aliphatic rings. The van der Waals surface area contributed by atoms with E-state index in [1.807, 2.05) is 6.26 Å². The van der Waals surface area contributed by atoms with E-state index < -0.39 is 76.4 Å². The number of aliphatic hydroxyl groups excluding tert-OH is 2. The lowest BCUT2D eigenvalue weighted by Gasteiger charge is -2.26. The van der Waals surface area contributed by atoms with Crippen molar-refractivity contribution in [1.29, 1.82) is 0 Å². The molecule has 1 aromatic heterocycles. The summed E-state index contributed by atoms with van der Waals surface area (Å²) in [6, 6.07) is 0. The number of alkyl halides is 5. The number of hydrogen-bond donors (Lipinski definition) is 7. The lowest BCUT2D eigenvalue weighted by atomic mass is 9.94. The summed E-state index contributed by atoms with van der Waals surface area (Å²) in [4.78, 5) is 50.6. The molecule has 1 fully saturated rings. The van der Waals surface area contributed by atoms with Crippen molar-refractivity contribution in [2.75, 3.05) is 36.2 Å². The van der Waals surface area contributed by atoms with Crippen molar-refractivity contribution in [2.45, 2.75) is 51.9 Å². The van der Waals surface area contributed by atoms with Gasteiger partial charge in [0.1, 0.15) is 30.1 Å². The van der Waals surface area contributed by atoms with E-state index in [4.69, 9.17) is 37.7 Å². The molecular weight excluding hydrogens is 749 g/mol. The zero-order valence-corrected chi connectivity index (χ0v) is 27.9. The number of ether oxygens (including phenoxy) is 1. The fraction of sp³-hybridized carbons (Fsp3) is 0.722. The third-order valence-electron chi connectivity index (χ3n) is 5.85. The number of halogens is 5. The van der Waals surface area contributed by atoms with Crippen molar-refractivity contribution >= 4 is 87.5 Å². The number of nitrogens with one attached hydrogen (secondary N) is 1. The maximum atomic E-state index is 12.7. The van der Waals surface area contributed by atoms with Gasteiger partial charge < -0.3 is 39.8 Å².